The van der Waals surface area contributed by atoms with Crippen LogP contribution in [0.2, 0.25) is 0 Å². The first kappa shape index (κ1) is 23.8. The van der Waals surface area contributed by atoms with Crippen molar-refractivity contribution in [3.05, 3.63) is 102 Å². The molecular formula is C29H28N2O4. The molecule has 1 fully saturated rings. The highest BCUT2D eigenvalue weighted by Gasteiger charge is 2.32. The van der Waals surface area contributed by atoms with Crippen LogP contribution in [0.25, 0.3) is 16.8 Å². The second-order valence-electron chi connectivity index (χ2n) is 8.05. The van der Waals surface area contributed by atoms with E-state index in [2.05, 4.69) is 42.7 Å². The van der Waals surface area contributed by atoms with E-state index >= 15 is 0 Å². The molecule has 178 valence electrons. The molecule has 0 atom stereocenters. The smallest absolute Gasteiger partial charge is 0.329 e. The Morgan fingerprint density at radius 1 is 0.971 bits per heavy atom. The summed E-state index contributed by atoms with van der Waals surface area (Å²) in [4.78, 5) is 25.9. The molecule has 0 aromatic heterocycles. The summed E-state index contributed by atoms with van der Waals surface area (Å²) in [6.45, 7) is 10.3. The van der Waals surface area contributed by atoms with Crippen LogP contribution in [0.5, 0.6) is 11.5 Å². The Morgan fingerprint density at radius 2 is 1.77 bits per heavy atom. The third kappa shape index (κ3) is 5.11. The Hall–Kier alpha value is -4.32. The summed E-state index contributed by atoms with van der Waals surface area (Å²) in [5.41, 5.74) is 2.86. The first-order valence-corrected chi connectivity index (χ1v) is 11.5. The first-order chi connectivity index (χ1) is 17.0. The van der Waals surface area contributed by atoms with Crippen LogP contribution in [0.1, 0.15) is 23.6 Å². The number of hydrogen-bond acceptors (Lipinski definition) is 4. The largest absolute Gasteiger partial charge is 0.490 e. The minimum Gasteiger partial charge on any atom is -0.490 e. The fourth-order valence-electron chi connectivity index (χ4n) is 4.10. The maximum atomic E-state index is 12.6. The van der Waals surface area contributed by atoms with Gasteiger partial charge < -0.3 is 14.8 Å². The average Bonchev–Trinajstić information content (AvgIpc) is 3.11. The van der Waals surface area contributed by atoms with Crippen LogP contribution in [0.4, 0.5) is 4.79 Å². The molecule has 0 unspecified atom stereocenters. The van der Waals surface area contributed by atoms with Gasteiger partial charge in [-0.2, -0.15) is 0 Å². The van der Waals surface area contributed by atoms with E-state index in [1.54, 1.807) is 12.2 Å². The van der Waals surface area contributed by atoms with Gasteiger partial charge in [-0.3, -0.25) is 9.69 Å². The third-order valence-electron chi connectivity index (χ3n) is 5.66. The first-order valence-electron chi connectivity index (χ1n) is 11.5. The number of nitrogens with zero attached hydrogens (tertiary/aromatic N) is 1. The molecule has 0 saturated carbocycles. The van der Waals surface area contributed by atoms with Crippen molar-refractivity contribution < 1.29 is 19.1 Å². The van der Waals surface area contributed by atoms with E-state index in [1.807, 2.05) is 37.3 Å². The summed E-state index contributed by atoms with van der Waals surface area (Å²) in [5, 5.41) is 4.92. The lowest BCUT2D eigenvalue weighted by molar-refractivity contribution is -0.122. The monoisotopic (exact) mass is 468 g/mol. The van der Waals surface area contributed by atoms with E-state index in [4.69, 9.17) is 9.47 Å². The Labute approximate surface area is 205 Å². The fraction of sp³-hybridized carbons (Fsp3) is 0.172. The van der Waals surface area contributed by atoms with Gasteiger partial charge >= 0.3 is 6.03 Å². The lowest BCUT2D eigenvalue weighted by Gasteiger charge is -2.17. The van der Waals surface area contributed by atoms with Gasteiger partial charge in [0.2, 0.25) is 0 Å². The van der Waals surface area contributed by atoms with E-state index in [0.717, 1.165) is 26.8 Å². The zero-order valence-corrected chi connectivity index (χ0v) is 19.8. The highest BCUT2D eigenvalue weighted by Crippen LogP contribution is 2.36. The molecule has 1 aliphatic rings. The van der Waals surface area contributed by atoms with Crippen LogP contribution in [-0.2, 0) is 17.8 Å². The lowest BCUT2D eigenvalue weighted by atomic mass is 10.0. The Balaban J connectivity index is 1.68. The summed E-state index contributed by atoms with van der Waals surface area (Å²) in [6.07, 6.45) is 5.50. The van der Waals surface area contributed by atoms with Gasteiger partial charge in [-0.25, -0.2) is 4.79 Å². The van der Waals surface area contributed by atoms with Gasteiger partial charge in [0.1, 0.15) is 12.3 Å². The number of nitrogens with one attached hydrogen (secondary N) is 1. The molecule has 3 amide bonds. The number of carbonyl (C=O) groups is 2. The standard InChI is InChI=1S/C29H28N2O4/c1-4-10-22-16-20(17-25-28(32)31(15-5-2)29(33)30-25)18-26(34-6-3)27(22)35-19-23-13-9-12-21-11-7-8-14-24(21)23/h4-5,7-9,11-14,16-18H,1-2,6,10,15,19H2,3H3,(H,30,33)/b25-17+. The van der Waals surface area contributed by atoms with Gasteiger partial charge in [-0.15, -0.1) is 13.2 Å². The van der Waals surface area contributed by atoms with Gasteiger partial charge in [0, 0.05) is 12.1 Å². The zero-order chi connectivity index (χ0) is 24.8. The third-order valence-corrected chi connectivity index (χ3v) is 5.66. The van der Waals surface area contributed by atoms with Crippen molar-refractivity contribution in [1.29, 1.82) is 0 Å². The summed E-state index contributed by atoms with van der Waals surface area (Å²) < 4.78 is 12.3. The minimum atomic E-state index is -0.465. The molecule has 1 aliphatic heterocycles. The Morgan fingerprint density at radius 3 is 2.54 bits per heavy atom. The number of amides is 3. The zero-order valence-electron chi connectivity index (χ0n) is 19.8. The SMILES string of the molecule is C=CCc1cc(/C=C2/NC(=O)N(CC=C)C2=O)cc(OCC)c1OCc1cccc2ccccc12. The predicted molar refractivity (Wildman–Crippen MR) is 138 cm³/mol. The number of urea groups is 1. The van der Waals surface area contributed by atoms with Crippen LogP contribution >= 0.6 is 0 Å². The van der Waals surface area contributed by atoms with Crippen LogP contribution < -0.4 is 14.8 Å². The number of allylic oxidation sites excluding steroid dienone is 1. The topological polar surface area (TPSA) is 67.9 Å². The number of ether oxygens (including phenoxy) is 2. The van der Waals surface area contributed by atoms with E-state index in [9.17, 15) is 9.59 Å². The molecule has 6 heteroatoms. The molecular weight excluding hydrogens is 440 g/mol. The molecule has 1 saturated heterocycles. The van der Waals surface area contributed by atoms with Crippen molar-refractivity contribution in [2.75, 3.05) is 13.2 Å². The van der Waals surface area contributed by atoms with E-state index in [-0.39, 0.29) is 12.2 Å². The fourth-order valence-corrected chi connectivity index (χ4v) is 4.10. The molecule has 0 bridgehead atoms. The second-order valence-corrected chi connectivity index (χ2v) is 8.05. The highest BCUT2D eigenvalue weighted by molar-refractivity contribution is 6.14. The van der Waals surface area contributed by atoms with Gasteiger partial charge in [0.05, 0.1) is 6.61 Å². The summed E-state index contributed by atoms with van der Waals surface area (Å²) in [6, 6.07) is 17.6. The summed E-state index contributed by atoms with van der Waals surface area (Å²) in [7, 11) is 0. The van der Waals surface area contributed by atoms with Crippen molar-refractivity contribution in [3.63, 3.8) is 0 Å². The van der Waals surface area contributed by atoms with E-state index in [1.165, 1.54) is 6.08 Å². The molecule has 35 heavy (non-hydrogen) atoms. The maximum Gasteiger partial charge on any atom is 0.329 e. The van der Waals surface area contributed by atoms with Crippen molar-refractivity contribution >= 4 is 28.8 Å². The maximum absolute atomic E-state index is 12.6. The predicted octanol–water partition coefficient (Wildman–Crippen LogP) is 5.62. The van der Waals surface area contributed by atoms with Crippen molar-refractivity contribution in [3.8, 4) is 11.5 Å². The molecule has 6 nitrogen and oxygen atoms in total. The van der Waals surface area contributed by atoms with Crippen LogP contribution in [0.15, 0.2) is 85.6 Å². The van der Waals surface area contributed by atoms with E-state index in [0.29, 0.717) is 36.7 Å². The van der Waals surface area contributed by atoms with Gasteiger partial charge in [-0.1, -0.05) is 54.6 Å². The Kier molecular flexibility index (Phi) is 7.31. The lowest BCUT2D eigenvalue weighted by Crippen LogP contribution is -2.30. The molecule has 3 aromatic rings. The number of benzene rings is 3. The van der Waals surface area contributed by atoms with Crippen LogP contribution in [0.3, 0.4) is 0 Å². The van der Waals surface area contributed by atoms with E-state index < -0.39 is 11.9 Å². The van der Waals surface area contributed by atoms with Crippen LogP contribution in [0, 0.1) is 0 Å². The molecule has 0 radical (unpaired) electrons. The van der Waals surface area contributed by atoms with Gasteiger partial charge in [0.15, 0.2) is 11.5 Å². The van der Waals surface area contributed by atoms with Crippen LogP contribution in [-0.4, -0.2) is 30.0 Å². The molecule has 1 N–H and O–H groups in total. The summed E-state index contributed by atoms with van der Waals surface area (Å²) in [5.74, 6) is 0.810. The quantitative estimate of drug-likeness (QED) is 0.238. The Bertz CT molecular complexity index is 1320. The molecule has 4 rings (SSSR count). The van der Waals surface area contributed by atoms with Crippen molar-refractivity contribution in [2.45, 2.75) is 20.0 Å². The molecule has 0 aliphatic carbocycles. The second kappa shape index (κ2) is 10.7. The number of imide groups is 1. The summed E-state index contributed by atoms with van der Waals surface area (Å²) >= 11 is 0. The molecule has 3 aromatic carbocycles. The van der Waals surface area contributed by atoms with Gasteiger partial charge in [-0.05, 0) is 53.5 Å². The molecule has 0 spiro atoms. The highest BCUT2D eigenvalue weighted by atomic mass is 16.5. The average molecular weight is 469 g/mol. The molecule has 1 heterocycles. The number of fused-ring (bicyclic) bond motifs is 1. The number of carbonyl (C=O) groups excluding carboxylic acids is 2. The number of rotatable bonds is 10. The van der Waals surface area contributed by atoms with Crippen molar-refractivity contribution in [1.82, 2.24) is 10.2 Å². The minimum absolute atomic E-state index is 0.148. The van der Waals surface area contributed by atoms with Crippen molar-refractivity contribution in [2.24, 2.45) is 0 Å². The van der Waals surface area contributed by atoms with Gasteiger partial charge in [0.25, 0.3) is 5.91 Å². The number of hydrogen-bond donors (Lipinski definition) is 1. The normalized spacial score (nSPS) is 14.3.